The molecule has 1 rings (SSSR count). The molecule has 3 nitrogen and oxygen atoms in total. The minimum atomic E-state index is -4.55. The predicted octanol–water partition coefficient (Wildman–Crippen LogP) is 4.69. The maximum Gasteiger partial charge on any atom is 0.417 e. The number of hydrogen-bond acceptors (Lipinski definition) is 3. The van der Waals surface area contributed by atoms with Gasteiger partial charge in [-0.15, -0.1) is 0 Å². The van der Waals surface area contributed by atoms with E-state index in [1.165, 1.54) is 12.1 Å². The van der Waals surface area contributed by atoms with Gasteiger partial charge in [0.1, 0.15) is 0 Å². The van der Waals surface area contributed by atoms with E-state index in [2.05, 4.69) is 15.9 Å². The fourth-order valence-corrected chi connectivity index (χ4v) is 2.31. The summed E-state index contributed by atoms with van der Waals surface area (Å²) in [5.41, 5.74) is -1.05. The van der Waals surface area contributed by atoms with Gasteiger partial charge in [-0.3, -0.25) is 0 Å². The zero-order valence-corrected chi connectivity index (χ0v) is 13.7. The molecule has 21 heavy (non-hydrogen) atoms. The topological polar surface area (TPSA) is 27.7 Å². The van der Waals surface area contributed by atoms with Crippen LogP contribution in [-0.4, -0.2) is 19.8 Å². The van der Waals surface area contributed by atoms with Gasteiger partial charge in [0.25, 0.3) is 0 Å². The zero-order chi connectivity index (χ0) is 16.1. The van der Waals surface area contributed by atoms with Crippen LogP contribution in [0, 0.1) is 0 Å². The second kappa shape index (κ2) is 7.58. The summed E-state index contributed by atoms with van der Waals surface area (Å²) in [5.74, 6) is -1.86. The molecule has 0 fully saturated rings. The lowest BCUT2D eigenvalue weighted by molar-refractivity contribution is -0.391. The summed E-state index contributed by atoms with van der Waals surface area (Å²) < 4.78 is 56.4. The van der Waals surface area contributed by atoms with Crippen molar-refractivity contribution in [3.8, 4) is 0 Å². The minimum absolute atomic E-state index is 0.146. The Kier molecular flexibility index (Phi) is 6.65. The maximum absolute atomic E-state index is 13.3. The van der Waals surface area contributed by atoms with Crippen molar-refractivity contribution in [2.24, 2.45) is 0 Å². The minimum Gasteiger partial charge on any atom is -0.324 e. The number of alkyl halides is 3. The van der Waals surface area contributed by atoms with E-state index in [1.54, 1.807) is 20.8 Å². The Morgan fingerprint density at radius 3 is 1.76 bits per heavy atom. The molecular formula is C14H18BrF3O3. The monoisotopic (exact) mass is 370 g/mol. The highest BCUT2D eigenvalue weighted by molar-refractivity contribution is 9.10. The first-order chi connectivity index (χ1) is 9.80. The van der Waals surface area contributed by atoms with Gasteiger partial charge in [0.05, 0.1) is 11.1 Å². The molecule has 0 saturated heterocycles. The molecule has 0 amide bonds. The average molecular weight is 371 g/mol. The van der Waals surface area contributed by atoms with E-state index in [4.69, 9.17) is 14.2 Å². The molecule has 0 N–H and O–H groups in total. The van der Waals surface area contributed by atoms with Crippen molar-refractivity contribution in [1.29, 1.82) is 0 Å². The first-order valence-electron chi connectivity index (χ1n) is 6.59. The molecule has 7 heteroatoms. The van der Waals surface area contributed by atoms with Crippen LogP contribution < -0.4 is 0 Å². The van der Waals surface area contributed by atoms with Crippen LogP contribution in [0.3, 0.4) is 0 Å². The van der Waals surface area contributed by atoms with Crippen LogP contribution in [0.5, 0.6) is 0 Å². The molecule has 0 heterocycles. The first-order valence-corrected chi connectivity index (χ1v) is 7.39. The largest absolute Gasteiger partial charge is 0.417 e. The van der Waals surface area contributed by atoms with Crippen molar-refractivity contribution >= 4 is 15.9 Å². The highest BCUT2D eigenvalue weighted by Gasteiger charge is 2.44. The van der Waals surface area contributed by atoms with E-state index in [9.17, 15) is 13.2 Å². The summed E-state index contributed by atoms with van der Waals surface area (Å²) in [6.07, 6.45) is -4.55. The molecule has 1 aromatic carbocycles. The van der Waals surface area contributed by atoms with E-state index in [0.717, 1.165) is 6.07 Å². The molecule has 120 valence electrons. The zero-order valence-electron chi connectivity index (χ0n) is 12.1. The number of hydrogen-bond donors (Lipinski definition) is 0. The normalized spacial score (nSPS) is 12.7. The van der Waals surface area contributed by atoms with Gasteiger partial charge in [-0.1, -0.05) is 15.9 Å². The third-order valence-corrected chi connectivity index (χ3v) is 3.11. The van der Waals surface area contributed by atoms with E-state index in [1.807, 2.05) is 0 Å². The Labute approximate surface area is 130 Å². The van der Waals surface area contributed by atoms with Crippen LogP contribution in [0.1, 0.15) is 31.9 Å². The standard InChI is InChI=1S/C14H18BrF3O3/c1-4-19-14(20-5-2,21-6-3)11-8-7-10(15)9-12(11)13(16,17)18/h7-9H,4-6H2,1-3H3. The van der Waals surface area contributed by atoms with Crippen molar-refractivity contribution in [2.75, 3.05) is 19.8 Å². The molecule has 0 atom stereocenters. The Morgan fingerprint density at radius 2 is 1.38 bits per heavy atom. The Morgan fingerprint density at radius 1 is 0.905 bits per heavy atom. The summed E-state index contributed by atoms with van der Waals surface area (Å²) in [4.78, 5) is 0. The fourth-order valence-electron chi connectivity index (χ4n) is 1.95. The molecule has 0 aliphatic rings. The van der Waals surface area contributed by atoms with Crippen molar-refractivity contribution in [3.63, 3.8) is 0 Å². The lowest BCUT2D eigenvalue weighted by Crippen LogP contribution is -2.38. The van der Waals surface area contributed by atoms with Gasteiger partial charge < -0.3 is 14.2 Å². The molecule has 0 unspecified atom stereocenters. The molecule has 0 aromatic heterocycles. The van der Waals surface area contributed by atoms with Crippen LogP contribution in [0.25, 0.3) is 0 Å². The van der Waals surface area contributed by atoms with Gasteiger partial charge in [0.2, 0.25) is 0 Å². The summed E-state index contributed by atoms with van der Waals surface area (Å²) in [5, 5.41) is 0. The first kappa shape index (κ1) is 18.4. The number of halogens is 4. The van der Waals surface area contributed by atoms with Crippen LogP contribution in [0.2, 0.25) is 0 Å². The van der Waals surface area contributed by atoms with Gasteiger partial charge in [0, 0.05) is 24.3 Å². The molecule has 1 aromatic rings. The van der Waals surface area contributed by atoms with Gasteiger partial charge in [-0.2, -0.15) is 13.2 Å². The summed E-state index contributed by atoms with van der Waals surface area (Å²) in [7, 11) is 0. The number of ether oxygens (including phenoxy) is 3. The smallest absolute Gasteiger partial charge is 0.324 e. The lowest BCUT2D eigenvalue weighted by Gasteiger charge is -2.34. The van der Waals surface area contributed by atoms with Crippen molar-refractivity contribution < 1.29 is 27.4 Å². The highest BCUT2D eigenvalue weighted by atomic mass is 79.9. The molecule has 0 radical (unpaired) electrons. The Balaban J connectivity index is 3.48. The van der Waals surface area contributed by atoms with Crippen molar-refractivity contribution in [1.82, 2.24) is 0 Å². The molecule has 0 bridgehead atoms. The average Bonchev–Trinajstić information content (AvgIpc) is 2.38. The summed E-state index contributed by atoms with van der Waals surface area (Å²) in [6, 6.07) is 3.78. The van der Waals surface area contributed by atoms with Gasteiger partial charge in [-0.05, 0) is 39.0 Å². The second-order valence-corrected chi connectivity index (χ2v) is 4.96. The predicted molar refractivity (Wildman–Crippen MR) is 75.7 cm³/mol. The lowest BCUT2D eigenvalue weighted by atomic mass is 10.0. The Bertz CT molecular complexity index is 446. The second-order valence-electron chi connectivity index (χ2n) is 4.04. The van der Waals surface area contributed by atoms with E-state index < -0.39 is 17.7 Å². The van der Waals surface area contributed by atoms with Gasteiger partial charge in [0.15, 0.2) is 0 Å². The number of rotatable bonds is 7. The fraction of sp³-hybridized carbons (Fsp3) is 0.571. The van der Waals surface area contributed by atoms with Crippen molar-refractivity contribution in [2.45, 2.75) is 32.9 Å². The van der Waals surface area contributed by atoms with Crippen LogP contribution in [0.4, 0.5) is 13.2 Å². The van der Waals surface area contributed by atoms with Crippen LogP contribution >= 0.6 is 15.9 Å². The molecule has 0 saturated carbocycles. The van der Waals surface area contributed by atoms with Crippen molar-refractivity contribution in [3.05, 3.63) is 33.8 Å². The maximum atomic E-state index is 13.3. The molecule has 0 spiro atoms. The van der Waals surface area contributed by atoms with Gasteiger partial charge in [-0.25, -0.2) is 0 Å². The summed E-state index contributed by atoms with van der Waals surface area (Å²) >= 11 is 3.05. The molecule has 0 aliphatic heterocycles. The van der Waals surface area contributed by atoms with E-state index in [0.29, 0.717) is 4.47 Å². The Hall–Kier alpha value is -0.630. The molecular weight excluding hydrogens is 353 g/mol. The SMILES string of the molecule is CCOC(OCC)(OCC)c1ccc(Br)cc1C(F)(F)F. The summed E-state index contributed by atoms with van der Waals surface area (Å²) in [6.45, 7) is 5.44. The highest BCUT2D eigenvalue weighted by Crippen LogP contribution is 2.41. The van der Waals surface area contributed by atoms with Gasteiger partial charge >= 0.3 is 12.1 Å². The number of benzene rings is 1. The van der Waals surface area contributed by atoms with Crippen LogP contribution in [-0.2, 0) is 26.4 Å². The molecule has 0 aliphatic carbocycles. The van der Waals surface area contributed by atoms with Crippen LogP contribution in [0.15, 0.2) is 22.7 Å². The third-order valence-electron chi connectivity index (χ3n) is 2.62. The quantitative estimate of drug-likeness (QED) is 0.651. The van der Waals surface area contributed by atoms with E-state index >= 15 is 0 Å². The third kappa shape index (κ3) is 4.42. The van der Waals surface area contributed by atoms with E-state index in [-0.39, 0.29) is 25.4 Å².